The molecule has 2 heteroatoms. The average molecular weight is 293 g/mol. The molecule has 1 fully saturated rings. The van der Waals surface area contributed by atoms with E-state index in [-0.39, 0.29) is 0 Å². The van der Waals surface area contributed by atoms with Crippen molar-refractivity contribution in [2.75, 3.05) is 19.7 Å². The van der Waals surface area contributed by atoms with E-state index in [9.17, 15) is 0 Å². The fourth-order valence-corrected chi connectivity index (χ4v) is 3.84. The van der Waals surface area contributed by atoms with E-state index in [2.05, 4.69) is 38.7 Å². The van der Waals surface area contributed by atoms with Gasteiger partial charge in [0.2, 0.25) is 0 Å². The third-order valence-electron chi connectivity index (χ3n) is 5.45. The highest BCUT2D eigenvalue weighted by Crippen LogP contribution is 2.38. The van der Waals surface area contributed by atoms with Gasteiger partial charge in [0.1, 0.15) is 6.61 Å². The maximum absolute atomic E-state index is 6.12. The van der Waals surface area contributed by atoms with Gasteiger partial charge < -0.3 is 4.74 Å². The van der Waals surface area contributed by atoms with Crippen LogP contribution in [-0.2, 0) is 4.74 Å². The van der Waals surface area contributed by atoms with Crippen LogP contribution in [0.2, 0.25) is 0 Å². The number of ether oxygens (including phenoxy) is 1. The van der Waals surface area contributed by atoms with Crippen molar-refractivity contribution in [1.82, 2.24) is 4.90 Å². The molecule has 2 nitrogen and oxygen atoms in total. The Hall–Kier alpha value is -0.500. The average Bonchev–Trinajstić information content (AvgIpc) is 2.47. The molecule has 1 heterocycles. The number of hydrogen-bond donors (Lipinski definition) is 0. The van der Waals surface area contributed by atoms with Gasteiger partial charge >= 0.3 is 0 Å². The van der Waals surface area contributed by atoms with Gasteiger partial charge in [0.05, 0.1) is 5.76 Å². The lowest BCUT2D eigenvalue weighted by molar-refractivity contribution is 0.0853. The van der Waals surface area contributed by atoms with E-state index in [1.807, 2.05) is 0 Å². The number of rotatable bonds is 5. The maximum atomic E-state index is 6.12. The van der Waals surface area contributed by atoms with Gasteiger partial charge in [-0.25, -0.2) is 0 Å². The summed E-state index contributed by atoms with van der Waals surface area (Å²) in [5, 5.41) is 0. The zero-order valence-corrected chi connectivity index (χ0v) is 14.7. The molecular formula is C19H35NO. The third-order valence-corrected chi connectivity index (χ3v) is 5.45. The van der Waals surface area contributed by atoms with Gasteiger partial charge in [-0.1, -0.05) is 34.1 Å². The monoisotopic (exact) mass is 293 g/mol. The molecule has 0 radical (unpaired) electrons. The SMILES string of the molecule is CCC1CCCCN1CCOC1=CCCC(C(C)(C)C)C1. The van der Waals surface area contributed by atoms with Crippen LogP contribution in [0.5, 0.6) is 0 Å². The first-order valence-electron chi connectivity index (χ1n) is 9.06. The lowest BCUT2D eigenvalue weighted by atomic mass is 9.74. The summed E-state index contributed by atoms with van der Waals surface area (Å²) in [4.78, 5) is 2.65. The van der Waals surface area contributed by atoms with Gasteiger partial charge in [-0.2, -0.15) is 0 Å². The number of hydrogen-bond acceptors (Lipinski definition) is 2. The molecular weight excluding hydrogens is 258 g/mol. The van der Waals surface area contributed by atoms with Crippen molar-refractivity contribution >= 4 is 0 Å². The van der Waals surface area contributed by atoms with E-state index in [1.54, 1.807) is 0 Å². The summed E-state index contributed by atoms with van der Waals surface area (Å²) in [6, 6.07) is 0.796. The van der Waals surface area contributed by atoms with Crippen LogP contribution in [0, 0.1) is 11.3 Å². The maximum Gasteiger partial charge on any atom is 0.100 e. The van der Waals surface area contributed by atoms with Crippen molar-refractivity contribution in [3.05, 3.63) is 11.8 Å². The molecule has 122 valence electrons. The molecule has 0 aromatic carbocycles. The van der Waals surface area contributed by atoms with Gasteiger partial charge in [-0.05, 0) is 56.1 Å². The van der Waals surface area contributed by atoms with Gasteiger partial charge in [0.15, 0.2) is 0 Å². The summed E-state index contributed by atoms with van der Waals surface area (Å²) in [6.45, 7) is 12.7. The molecule has 1 saturated heterocycles. The largest absolute Gasteiger partial charge is 0.497 e. The second-order valence-corrected chi connectivity index (χ2v) is 7.96. The molecule has 0 aromatic heterocycles. The number of likely N-dealkylation sites (tertiary alicyclic amines) is 1. The molecule has 0 bridgehead atoms. The zero-order chi connectivity index (χ0) is 15.3. The van der Waals surface area contributed by atoms with E-state index >= 15 is 0 Å². The van der Waals surface area contributed by atoms with Crippen LogP contribution in [0.1, 0.15) is 72.6 Å². The normalized spacial score (nSPS) is 28.3. The quantitative estimate of drug-likeness (QED) is 0.707. The minimum atomic E-state index is 0.406. The Morgan fingerprint density at radius 1 is 1.24 bits per heavy atom. The van der Waals surface area contributed by atoms with Crippen molar-refractivity contribution in [2.45, 2.75) is 78.7 Å². The van der Waals surface area contributed by atoms with Crippen molar-refractivity contribution in [3.63, 3.8) is 0 Å². The Balaban J connectivity index is 1.74. The first-order chi connectivity index (χ1) is 10.0. The van der Waals surface area contributed by atoms with Crippen molar-refractivity contribution in [2.24, 2.45) is 11.3 Å². The van der Waals surface area contributed by atoms with E-state index < -0.39 is 0 Å². The molecule has 2 unspecified atom stereocenters. The zero-order valence-electron chi connectivity index (χ0n) is 14.7. The molecule has 1 aliphatic carbocycles. The van der Waals surface area contributed by atoms with Crippen LogP contribution in [-0.4, -0.2) is 30.6 Å². The smallest absolute Gasteiger partial charge is 0.100 e. The summed E-state index contributed by atoms with van der Waals surface area (Å²) < 4.78 is 6.12. The van der Waals surface area contributed by atoms with E-state index in [4.69, 9.17) is 4.74 Å². The van der Waals surface area contributed by atoms with Gasteiger partial charge in [0, 0.05) is 19.0 Å². The fraction of sp³-hybridized carbons (Fsp3) is 0.895. The second kappa shape index (κ2) is 7.67. The predicted molar refractivity (Wildman–Crippen MR) is 90.3 cm³/mol. The fourth-order valence-electron chi connectivity index (χ4n) is 3.84. The molecule has 0 aromatic rings. The number of piperidine rings is 1. The second-order valence-electron chi connectivity index (χ2n) is 7.96. The van der Waals surface area contributed by atoms with Gasteiger partial charge in [0.25, 0.3) is 0 Å². The van der Waals surface area contributed by atoms with Crippen LogP contribution in [0.25, 0.3) is 0 Å². The highest BCUT2D eigenvalue weighted by Gasteiger charge is 2.28. The van der Waals surface area contributed by atoms with Crippen LogP contribution in [0.4, 0.5) is 0 Å². The summed E-state index contributed by atoms with van der Waals surface area (Å²) in [5.41, 5.74) is 0.406. The van der Waals surface area contributed by atoms with Crippen LogP contribution >= 0.6 is 0 Å². The highest BCUT2D eigenvalue weighted by molar-refractivity contribution is 5.01. The van der Waals surface area contributed by atoms with Crippen LogP contribution in [0.15, 0.2) is 11.8 Å². The standard InChI is InChI=1S/C19H35NO/c1-5-17-10-6-7-12-20(17)13-14-21-18-11-8-9-16(15-18)19(2,3)4/h11,16-17H,5-10,12-15H2,1-4H3. The molecule has 0 amide bonds. The highest BCUT2D eigenvalue weighted by atomic mass is 16.5. The van der Waals surface area contributed by atoms with Crippen molar-refractivity contribution in [3.8, 4) is 0 Å². The first-order valence-corrected chi connectivity index (χ1v) is 9.06. The summed E-state index contributed by atoms with van der Waals surface area (Å²) in [6.07, 6.45) is 11.4. The van der Waals surface area contributed by atoms with E-state index in [0.29, 0.717) is 5.41 Å². The molecule has 0 N–H and O–H groups in total. The van der Waals surface area contributed by atoms with Crippen LogP contribution < -0.4 is 0 Å². The lowest BCUT2D eigenvalue weighted by Gasteiger charge is -2.36. The summed E-state index contributed by atoms with van der Waals surface area (Å²) >= 11 is 0. The van der Waals surface area contributed by atoms with Crippen molar-refractivity contribution in [1.29, 1.82) is 0 Å². The molecule has 2 rings (SSSR count). The van der Waals surface area contributed by atoms with Crippen molar-refractivity contribution < 1.29 is 4.74 Å². The van der Waals surface area contributed by atoms with E-state index in [0.717, 1.165) is 31.5 Å². The van der Waals surface area contributed by atoms with Crippen LogP contribution in [0.3, 0.4) is 0 Å². The molecule has 2 atom stereocenters. The Kier molecular flexibility index (Phi) is 6.16. The Morgan fingerprint density at radius 3 is 2.76 bits per heavy atom. The summed E-state index contributed by atoms with van der Waals surface area (Å²) in [5.74, 6) is 2.03. The third kappa shape index (κ3) is 5.02. The number of allylic oxidation sites excluding steroid dienone is 2. The first kappa shape index (κ1) is 16.9. The van der Waals surface area contributed by atoms with E-state index in [1.165, 1.54) is 50.8 Å². The minimum Gasteiger partial charge on any atom is -0.497 e. The van der Waals surface area contributed by atoms with Gasteiger partial charge in [-0.15, -0.1) is 0 Å². The molecule has 0 saturated carbocycles. The topological polar surface area (TPSA) is 12.5 Å². The lowest BCUT2D eigenvalue weighted by Crippen LogP contribution is -2.41. The summed E-state index contributed by atoms with van der Waals surface area (Å²) in [7, 11) is 0. The molecule has 0 spiro atoms. The molecule has 21 heavy (non-hydrogen) atoms. The molecule has 2 aliphatic rings. The Bertz CT molecular complexity index is 342. The van der Waals surface area contributed by atoms with Gasteiger partial charge in [-0.3, -0.25) is 4.90 Å². The number of nitrogens with zero attached hydrogens (tertiary/aromatic N) is 1. The predicted octanol–water partition coefficient (Wildman–Crippen LogP) is 5.00. The molecule has 1 aliphatic heterocycles. The minimum absolute atomic E-state index is 0.406. The Morgan fingerprint density at radius 2 is 2.05 bits per heavy atom. The Labute approximate surface area is 131 Å².